The highest BCUT2D eigenvalue weighted by Gasteiger charge is 2.30. The number of carbonyl (C=O) groups is 3. The molecule has 7 heteroatoms. The van der Waals surface area contributed by atoms with Gasteiger partial charge in [-0.2, -0.15) is 5.26 Å². The van der Waals surface area contributed by atoms with Gasteiger partial charge in [0.1, 0.15) is 6.04 Å². The normalized spacial score (nSPS) is 17.1. The summed E-state index contributed by atoms with van der Waals surface area (Å²) in [5.74, 6) is -1.63. The average Bonchev–Trinajstić information content (AvgIpc) is 2.64. The third-order valence-electron chi connectivity index (χ3n) is 3.94. The molecule has 1 aromatic rings. The number of esters is 1. The van der Waals surface area contributed by atoms with Crippen LogP contribution in [-0.4, -0.2) is 41.9 Å². The summed E-state index contributed by atoms with van der Waals surface area (Å²) in [6.07, 6.45) is 4.90. The van der Waals surface area contributed by atoms with Crippen LogP contribution in [0.2, 0.25) is 0 Å². The molecule has 1 heterocycles. The number of carbonyl (C=O) groups excluding carboxylic acids is 3. The molecule has 0 aliphatic carbocycles. The Morgan fingerprint density at radius 3 is 2.64 bits per heavy atom. The number of ether oxygens (including phenoxy) is 1. The molecular weight excluding hydrogens is 322 g/mol. The Labute approximate surface area is 145 Å². The Kier molecular flexibility index (Phi) is 6.29. The number of hydrogen-bond donors (Lipinski definition) is 1. The van der Waals surface area contributed by atoms with Crippen molar-refractivity contribution in [1.29, 1.82) is 5.26 Å². The van der Waals surface area contributed by atoms with E-state index in [1.165, 1.54) is 17.1 Å². The van der Waals surface area contributed by atoms with Crippen LogP contribution in [0.5, 0.6) is 0 Å². The molecule has 1 aliphatic heterocycles. The maximum atomic E-state index is 12.1. The molecule has 1 aromatic carbocycles. The van der Waals surface area contributed by atoms with Crippen LogP contribution >= 0.6 is 0 Å². The Bertz CT molecular complexity index is 719. The third-order valence-corrected chi connectivity index (χ3v) is 3.94. The van der Waals surface area contributed by atoms with E-state index >= 15 is 0 Å². The van der Waals surface area contributed by atoms with Gasteiger partial charge in [0.2, 0.25) is 5.91 Å². The monoisotopic (exact) mass is 341 g/mol. The average molecular weight is 341 g/mol. The van der Waals surface area contributed by atoms with Gasteiger partial charge in [-0.3, -0.25) is 9.59 Å². The second-order valence-electron chi connectivity index (χ2n) is 5.68. The van der Waals surface area contributed by atoms with E-state index in [4.69, 9.17) is 15.7 Å². The molecule has 7 nitrogen and oxygen atoms in total. The summed E-state index contributed by atoms with van der Waals surface area (Å²) in [5.41, 5.74) is 6.56. The number of primary amides is 1. The molecule has 130 valence electrons. The number of likely N-dealkylation sites (tertiary alicyclic amines) is 1. The zero-order valence-electron chi connectivity index (χ0n) is 13.7. The molecule has 0 unspecified atom stereocenters. The predicted octanol–water partition coefficient (Wildman–Crippen LogP) is 0.981. The van der Waals surface area contributed by atoms with E-state index in [0.29, 0.717) is 18.5 Å². The number of nitrogens with zero attached hydrogens (tertiary/aromatic N) is 2. The molecule has 25 heavy (non-hydrogen) atoms. The molecule has 1 fully saturated rings. The van der Waals surface area contributed by atoms with Crippen molar-refractivity contribution in [1.82, 2.24) is 4.90 Å². The lowest BCUT2D eigenvalue weighted by Gasteiger charge is -2.33. The van der Waals surface area contributed by atoms with Gasteiger partial charge in [0.05, 0.1) is 11.6 Å². The van der Waals surface area contributed by atoms with E-state index in [-0.39, 0.29) is 0 Å². The van der Waals surface area contributed by atoms with Gasteiger partial charge in [-0.1, -0.05) is 12.1 Å². The second-order valence-corrected chi connectivity index (χ2v) is 5.68. The second kappa shape index (κ2) is 8.64. The van der Waals surface area contributed by atoms with Crippen LogP contribution in [-0.2, 0) is 19.1 Å². The van der Waals surface area contributed by atoms with Gasteiger partial charge in [0, 0.05) is 12.6 Å². The first kappa shape index (κ1) is 18.2. The molecular formula is C18H19N3O4. The van der Waals surface area contributed by atoms with Crippen LogP contribution in [0, 0.1) is 11.3 Å². The fourth-order valence-corrected chi connectivity index (χ4v) is 2.62. The van der Waals surface area contributed by atoms with E-state index in [1.807, 2.05) is 6.07 Å². The van der Waals surface area contributed by atoms with Crippen molar-refractivity contribution in [2.24, 2.45) is 5.73 Å². The predicted molar refractivity (Wildman–Crippen MR) is 89.7 cm³/mol. The van der Waals surface area contributed by atoms with Crippen molar-refractivity contribution < 1.29 is 19.1 Å². The molecule has 2 N–H and O–H groups in total. The standard InChI is InChI=1S/C18H19N3O4/c19-11-14-6-4-13(5-7-14)8-9-17(23)25-12-16(22)21-10-2-1-3-15(21)18(20)24/h4-9,15H,1-3,10,12H2,(H2,20,24)/b9-8+/t15-/m0/s1. The fourth-order valence-electron chi connectivity index (χ4n) is 2.62. The fraction of sp³-hybridized carbons (Fsp3) is 0.333. The minimum atomic E-state index is -0.662. The topological polar surface area (TPSA) is 113 Å². The summed E-state index contributed by atoms with van der Waals surface area (Å²) in [6, 6.07) is 8.03. The quantitative estimate of drug-likeness (QED) is 0.633. The van der Waals surface area contributed by atoms with Crippen LogP contribution < -0.4 is 5.73 Å². The van der Waals surface area contributed by atoms with Crippen LogP contribution in [0.4, 0.5) is 0 Å². The van der Waals surface area contributed by atoms with Crippen LogP contribution in [0.3, 0.4) is 0 Å². The lowest BCUT2D eigenvalue weighted by molar-refractivity contribution is -0.151. The zero-order chi connectivity index (χ0) is 18.2. The summed E-state index contributed by atoms with van der Waals surface area (Å²) >= 11 is 0. The first-order valence-corrected chi connectivity index (χ1v) is 7.95. The number of nitriles is 1. The molecule has 2 amide bonds. The SMILES string of the molecule is N#Cc1ccc(/C=C/C(=O)OCC(=O)N2CCCC[C@H]2C(N)=O)cc1. The van der Waals surface area contributed by atoms with Crippen LogP contribution in [0.15, 0.2) is 30.3 Å². The zero-order valence-corrected chi connectivity index (χ0v) is 13.7. The molecule has 0 radical (unpaired) electrons. The molecule has 0 saturated carbocycles. The summed E-state index contributed by atoms with van der Waals surface area (Å²) in [5, 5.41) is 8.72. The van der Waals surface area contributed by atoms with E-state index in [0.717, 1.165) is 18.4 Å². The first-order chi connectivity index (χ1) is 12.0. The van der Waals surface area contributed by atoms with Gasteiger partial charge in [-0.25, -0.2) is 4.79 Å². The minimum absolute atomic E-state index is 0.427. The molecule has 0 bridgehead atoms. The van der Waals surface area contributed by atoms with Gasteiger partial charge >= 0.3 is 5.97 Å². The molecule has 1 saturated heterocycles. The number of amides is 2. The largest absolute Gasteiger partial charge is 0.452 e. The van der Waals surface area contributed by atoms with Gasteiger partial charge in [-0.15, -0.1) is 0 Å². The highest BCUT2D eigenvalue weighted by Crippen LogP contribution is 2.17. The van der Waals surface area contributed by atoms with Crippen molar-refractivity contribution >= 4 is 23.9 Å². The van der Waals surface area contributed by atoms with E-state index in [1.54, 1.807) is 24.3 Å². The summed E-state index contributed by atoms with van der Waals surface area (Å²) in [6.45, 7) is 0.00535. The van der Waals surface area contributed by atoms with E-state index in [9.17, 15) is 14.4 Å². The summed E-state index contributed by atoms with van der Waals surface area (Å²) < 4.78 is 4.93. The highest BCUT2D eigenvalue weighted by molar-refractivity contribution is 5.91. The van der Waals surface area contributed by atoms with Crippen molar-refractivity contribution in [2.45, 2.75) is 25.3 Å². The highest BCUT2D eigenvalue weighted by atomic mass is 16.5. The van der Waals surface area contributed by atoms with Gasteiger partial charge in [0.15, 0.2) is 6.61 Å². The molecule has 1 aliphatic rings. The Morgan fingerprint density at radius 1 is 1.28 bits per heavy atom. The summed E-state index contributed by atoms with van der Waals surface area (Å²) in [4.78, 5) is 36.6. The van der Waals surface area contributed by atoms with Crippen LogP contribution in [0.1, 0.15) is 30.4 Å². The number of nitrogens with two attached hydrogens (primary N) is 1. The van der Waals surface area contributed by atoms with Crippen molar-refractivity contribution in [3.8, 4) is 6.07 Å². The van der Waals surface area contributed by atoms with Crippen molar-refractivity contribution in [3.05, 3.63) is 41.5 Å². The third kappa shape index (κ3) is 5.18. The molecule has 2 rings (SSSR count). The van der Waals surface area contributed by atoms with Gasteiger partial charge in [0.25, 0.3) is 5.91 Å². The number of benzene rings is 1. The number of rotatable bonds is 5. The number of hydrogen-bond acceptors (Lipinski definition) is 5. The first-order valence-electron chi connectivity index (χ1n) is 7.95. The lowest BCUT2D eigenvalue weighted by Crippen LogP contribution is -2.51. The lowest BCUT2D eigenvalue weighted by atomic mass is 10.0. The van der Waals surface area contributed by atoms with Crippen molar-refractivity contribution in [3.63, 3.8) is 0 Å². The maximum Gasteiger partial charge on any atom is 0.331 e. The summed E-state index contributed by atoms with van der Waals surface area (Å²) in [7, 11) is 0. The molecule has 0 aromatic heterocycles. The molecule has 0 spiro atoms. The minimum Gasteiger partial charge on any atom is -0.452 e. The van der Waals surface area contributed by atoms with Gasteiger partial charge in [-0.05, 0) is 43.0 Å². The molecule has 1 atom stereocenters. The van der Waals surface area contributed by atoms with E-state index < -0.39 is 30.4 Å². The van der Waals surface area contributed by atoms with E-state index in [2.05, 4.69) is 0 Å². The Morgan fingerprint density at radius 2 is 2.00 bits per heavy atom. The Balaban J connectivity index is 1.86. The Hall–Kier alpha value is -3.14. The van der Waals surface area contributed by atoms with Crippen LogP contribution in [0.25, 0.3) is 6.08 Å². The van der Waals surface area contributed by atoms with Crippen molar-refractivity contribution in [2.75, 3.05) is 13.2 Å². The number of piperidine rings is 1. The maximum absolute atomic E-state index is 12.1. The smallest absolute Gasteiger partial charge is 0.331 e. The van der Waals surface area contributed by atoms with Gasteiger partial charge < -0.3 is 15.4 Å².